The number of carbonyl (C=O) groups is 2. The Morgan fingerprint density at radius 1 is 1.12 bits per heavy atom. The first-order valence-corrected chi connectivity index (χ1v) is 8.08. The van der Waals surface area contributed by atoms with Crippen molar-refractivity contribution in [3.05, 3.63) is 42.5 Å². The molecule has 0 radical (unpaired) electrons. The molecule has 1 aromatic carbocycles. The summed E-state index contributed by atoms with van der Waals surface area (Å²) in [6.45, 7) is 1.05. The van der Waals surface area contributed by atoms with Gasteiger partial charge in [0.25, 0.3) is 5.91 Å². The van der Waals surface area contributed by atoms with Gasteiger partial charge in [-0.25, -0.2) is 4.98 Å². The van der Waals surface area contributed by atoms with Gasteiger partial charge in [0.15, 0.2) is 11.5 Å². The molecule has 1 aliphatic heterocycles. The van der Waals surface area contributed by atoms with Gasteiger partial charge in [-0.1, -0.05) is 0 Å². The van der Waals surface area contributed by atoms with Crippen molar-refractivity contribution in [3.8, 4) is 11.5 Å². The van der Waals surface area contributed by atoms with Gasteiger partial charge in [0.1, 0.15) is 18.9 Å². The summed E-state index contributed by atoms with van der Waals surface area (Å²) in [7, 11) is 0. The zero-order valence-corrected chi connectivity index (χ0v) is 13.3. The van der Waals surface area contributed by atoms with Crippen LogP contribution in [0.1, 0.15) is 10.5 Å². The molecule has 0 bridgehead atoms. The fraction of sp³-hybridized carbons (Fsp3) is 0.200. The van der Waals surface area contributed by atoms with Crippen molar-refractivity contribution in [2.75, 3.05) is 19.0 Å². The molecule has 2 heterocycles. The number of thioether (sulfide) groups is 1. The lowest BCUT2D eigenvalue weighted by atomic mass is 10.3. The molecule has 0 aliphatic carbocycles. The first-order valence-electron chi connectivity index (χ1n) is 7.10. The Balaban J connectivity index is 1.46. The number of nitrogens with zero attached hydrogens (tertiary/aromatic N) is 2. The third-order valence-electron chi connectivity index (χ3n) is 2.99. The summed E-state index contributed by atoms with van der Waals surface area (Å²) < 4.78 is 10.9. The van der Waals surface area contributed by atoms with Gasteiger partial charge >= 0.3 is 0 Å². The first kappa shape index (κ1) is 16.1. The maximum absolute atomic E-state index is 11.8. The van der Waals surface area contributed by atoms with E-state index in [1.165, 1.54) is 30.4 Å². The quantitative estimate of drug-likeness (QED) is 0.623. The van der Waals surface area contributed by atoms with Crippen LogP contribution in [-0.4, -0.2) is 40.7 Å². The minimum absolute atomic E-state index is 0.122. The maximum atomic E-state index is 11.8. The van der Waals surface area contributed by atoms with Crippen molar-refractivity contribution < 1.29 is 19.1 Å². The summed E-state index contributed by atoms with van der Waals surface area (Å²) in [5, 5.41) is 0. The fourth-order valence-electron chi connectivity index (χ4n) is 1.91. The third-order valence-corrected chi connectivity index (χ3v) is 3.99. The van der Waals surface area contributed by atoms with E-state index in [1.54, 1.807) is 0 Å². The topological polar surface area (TPSA) is 102 Å². The van der Waals surface area contributed by atoms with Gasteiger partial charge in [0.2, 0.25) is 5.91 Å². The third kappa shape index (κ3) is 4.13. The maximum Gasteiger partial charge on any atom is 0.289 e. The molecule has 0 atom stereocenters. The van der Waals surface area contributed by atoms with Crippen LogP contribution in [0.15, 0.2) is 41.7 Å². The van der Waals surface area contributed by atoms with Gasteiger partial charge in [-0.05, 0) is 18.2 Å². The lowest BCUT2D eigenvalue weighted by Gasteiger charge is -2.18. The van der Waals surface area contributed by atoms with Gasteiger partial charge in [0.05, 0.1) is 11.9 Å². The van der Waals surface area contributed by atoms with E-state index in [4.69, 9.17) is 9.47 Å². The number of nitrogens with one attached hydrogen (secondary N) is 2. The number of benzene rings is 1. The van der Waals surface area contributed by atoms with Crippen LogP contribution < -0.4 is 20.3 Å². The van der Waals surface area contributed by atoms with Crippen molar-refractivity contribution in [3.63, 3.8) is 0 Å². The van der Waals surface area contributed by atoms with E-state index < -0.39 is 5.91 Å². The van der Waals surface area contributed by atoms with Crippen LogP contribution in [0.2, 0.25) is 0 Å². The zero-order chi connectivity index (χ0) is 16.8. The van der Waals surface area contributed by atoms with Crippen LogP contribution in [0.3, 0.4) is 0 Å². The Hall–Kier alpha value is -2.81. The molecule has 2 N–H and O–H groups in total. The average molecular weight is 346 g/mol. The van der Waals surface area contributed by atoms with Crippen LogP contribution in [0.4, 0.5) is 0 Å². The molecule has 124 valence electrons. The molecule has 0 fully saturated rings. The molecule has 9 heteroatoms. The van der Waals surface area contributed by atoms with Crippen LogP contribution in [-0.2, 0) is 4.79 Å². The molecule has 0 unspecified atom stereocenters. The first-order chi connectivity index (χ1) is 11.7. The minimum Gasteiger partial charge on any atom is -0.486 e. The van der Waals surface area contributed by atoms with Crippen molar-refractivity contribution in [1.82, 2.24) is 20.8 Å². The van der Waals surface area contributed by atoms with E-state index in [9.17, 15) is 9.59 Å². The number of fused-ring (bicyclic) bond motifs is 1. The summed E-state index contributed by atoms with van der Waals surface area (Å²) in [5.41, 5.74) is 4.74. The van der Waals surface area contributed by atoms with Crippen molar-refractivity contribution in [2.45, 2.75) is 4.90 Å². The van der Waals surface area contributed by atoms with Crippen LogP contribution in [0.25, 0.3) is 0 Å². The standard InChI is InChI=1S/C15H14N4O4S/c20-14(18-19-15(21)11-8-16-3-4-17-11)9-24-10-1-2-12-13(7-10)23-6-5-22-12/h1-4,7-8H,5-6,9H2,(H,18,20)(H,19,21). The van der Waals surface area contributed by atoms with Gasteiger partial charge in [-0.3, -0.25) is 25.4 Å². The van der Waals surface area contributed by atoms with Crippen LogP contribution >= 0.6 is 11.8 Å². The normalized spacial score (nSPS) is 12.3. The van der Waals surface area contributed by atoms with Crippen molar-refractivity contribution >= 4 is 23.6 Å². The SMILES string of the molecule is O=C(CSc1ccc2c(c1)OCCO2)NNC(=O)c1cnccn1. The number of carbonyl (C=O) groups excluding carboxylic acids is 2. The molecule has 1 aliphatic rings. The molecule has 0 saturated carbocycles. The van der Waals surface area contributed by atoms with E-state index in [-0.39, 0.29) is 17.4 Å². The highest BCUT2D eigenvalue weighted by Gasteiger charge is 2.13. The second-order valence-electron chi connectivity index (χ2n) is 4.69. The summed E-state index contributed by atoms with van der Waals surface area (Å²) in [6, 6.07) is 5.48. The van der Waals surface area contributed by atoms with E-state index in [0.717, 1.165) is 4.90 Å². The van der Waals surface area contributed by atoms with Crippen LogP contribution in [0.5, 0.6) is 11.5 Å². The number of hydrazine groups is 1. The Labute approximate surface area is 141 Å². The molecule has 1 aromatic heterocycles. The second kappa shape index (κ2) is 7.64. The zero-order valence-electron chi connectivity index (χ0n) is 12.5. The Bertz CT molecular complexity index is 742. The highest BCUT2D eigenvalue weighted by Crippen LogP contribution is 2.33. The van der Waals surface area contributed by atoms with Crippen LogP contribution in [0, 0.1) is 0 Å². The van der Waals surface area contributed by atoms with E-state index in [0.29, 0.717) is 24.7 Å². The minimum atomic E-state index is -0.527. The summed E-state index contributed by atoms with van der Waals surface area (Å²) in [4.78, 5) is 32.0. The van der Waals surface area contributed by atoms with E-state index >= 15 is 0 Å². The predicted molar refractivity (Wildman–Crippen MR) is 85.8 cm³/mol. The molecule has 24 heavy (non-hydrogen) atoms. The molecule has 2 amide bonds. The lowest BCUT2D eigenvalue weighted by molar-refractivity contribution is -0.119. The van der Waals surface area contributed by atoms with Gasteiger partial charge in [-0.2, -0.15) is 0 Å². The Morgan fingerprint density at radius 2 is 1.96 bits per heavy atom. The second-order valence-corrected chi connectivity index (χ2v) is 5.74. The molecular weight excluding hydrogens is 332 g/mol. The number of amides is 2. The number of ether oxygens (including phenoxy) is 2. The number of hydrogen-bond acceptors (Lipinski definition) is 7. The highest BCUT2D eigenvalue weighted by atomic mass is 32.2. The van der Waals surface area contributed by atoms with Gasteiger partial charge in [0, 0.05) is 17.3 Å². The van der Waals surface area contributed by atoms with Crippen molar-refractivity contribution in [2.24, 2.45) is 0 Å². The van der Waals surface area contributed by atoms with E-state index in [1.807, 2.05) is 18.2 Å². The average Bonchev–Trinajstić information content (AvgIpc) is 2.65. The molecular formula is C15H14N4O4S. The Kier molecular flexibility index (Phi) is 5.12. The number of hydrogen-bond donors (Lipinski definition) is 2. The largest absolute Gasteiger partial charge is 0.486 e. The number of aromatic nitrogens is 2. The summed E-state index contributed by atoms with van der Waals surface area (Å²) in [5.74, 6) is 0.641. The molecule has 8 nitrogen and oxygen atoms in total. The lowest BCUT2D eigenvalue weighted by Crippen LogP contribution is -2.42. The van der Waals surface area contributed by atoms with E-state index in [2.05, 4.69) is 20.8 Å². The monoisotopic (exact) mass is 346 g/mol. The molecule has 0 spiro atoms. The molecule has 2 aromatic rings. The highest BCUT2D eigenvalue weighted by molar-refractivity contribution is 8.00. The fourth-order valence-corrected chi connectivity index (χ4v) is 2.63. The summed E-state index contributed by atoms with van der Waals surface area (Å²) in [6.07, 6.45) is 4.17. The summed E-state index contributed by atoms with van der Waals surface area (Å²) >= 11 is 1.32. The smallest absolute Gasteiger partial charge is 0.289 e. The Morgan fingerprint density at radius 3 is 2.75 bits per heavy atom. The molecule has 3 rings (SSSR count). The van der Waals surface area contributed by atoms with Crippen molar-refractivity contribution in [1.29, 1.82) is 0 Å². The number of rotatable bonds is 4. The predicted octanol–water partition coefficient (Wildman–Crippen LogP) is 0.801. The van der Waals surface area contributed by atoms with Gasteiger partial charge in [-0.15, -0.1) is 11.8 Å². The van der Waals surface area contributed by atoms with Gasteiger partial charge < -0.3 is 9.47 Å². The molecule has 0 saturated heterocycles.